The van der Waals surface area contributed by atoms with E-state index in [1.165, 1.54) is 12.1 Å². The maximum atomic E-state index is 13.1. The molecule has 0 spiro atoms. The van der Waals surface area contributed by atoms with E-state index in [2.05, 4.69) is 25.6 Å². The molecule has 1 aliphatic heterocycles. The number of nitrogens with zero attached hydrogens (tertiary/aromatic N) is 4. The van der Waals surface area contributed by atoms with Crippen molar-refractivity contribution in [3.05, 3.63) is 54.1 Å². The van der Waals surface area contributed by atoms with E-state index in [1.807, 2.05) is 4.90 Å². The first-order valence-corrected chi connectivity index (χ1v) is 9.85. The number of methoxy groups -OCH3 is 1. The molecule has 0 aliphatic carbocycles. The van der Waals surface area contributed by atoms with Crippen LogP contribution in [0.1, 0.15) is 5.56 Å². The lowest BCUT2D eigenvalue weighted by molar-refractivity contribution is -0.137. The molecule has 0 radical (unpaired) electrons. The standard InChI is InChI=1S/C21H21F3N6O2/c1-31-17-7-5-15(6-8-17)25-18-27-19(29-20(28-18)30-9-11-32-12-10-30)26-16-4-2-3-14(13-16)21(22,23)24/h2-8,13H,9-12H2,1H3,(H2,25,26,27,28,29). The van der Waals surface area contributed by atoms with E-state index in [9.17, 15) is 13.2 Å². The van der Waals surface area contributed by atoms with Gasteiger partial charge in [-0.25, -0.2) is 0 Å². The summed E-state index contributed by atoms with van der Waals surface area (Å²) in [4.78, 5) is 15.2. The summed E-state index contributed by atoms with van der Waals surface area (Å²) in [6.45, 7) is 2.25. The van der Waals surface area contributed by atoms with Gasteiger partial charge in [0.25, 0.3) is 0 Å². The minimum Gasteiger partial charge on any atom is -0.497 e. The smallest absolute Gasteiger partial charge is 0.416 e. The van der Waals surface area contributed by atoms with Crippen LogP contribution in [-0.4, -0.2) is 48.4 Å². The fourth-order valence-corrected chi connectivity index (χ4v) is 3.09. The molecule has 0 amide bonds. The number of ether oxygens (including phenoxy) is 2. The van der Waals surface area contributed by atoms with Gasteiger partial charge in [0.05, 0.1) is 25.9 Å². The zero-order valence-electron chi connectivity index (χ0n) is 17.2. The number of nitrogens with one attached hydrogen (secondary N) is 2. The van der Waals surface area contributed by atoms with Crippen molar-refractivity contribution in [2.24, 2.45) is 0 Å². The Bertz CT molecular complexity index is 1060. The maximum absolute atomic E-state index is 13.1. The topological polar surface area (TPSA) is 84.4 Å². The van der Waals surface area contributed by atoms with E-state index in [-0.39, 0.29) is 17.6 Å². The summed E-state index contributed by atoms with van der Waals surface area (Å²) < 4.78 is 49.7. The molecule has 2 N–H and O–H groups in total. The van der Waals surface area contributed by atoms with Gasteiger partial charge in [-0.15, -0.1) is 0 Å². The van der Waals surface area contributed by atoms with Crippen molar-refractivity contribution in [2.45, 2.75) is 6.18 Å². The van der Waals surface area contributed by atoms with Crippen LogP contribution in [0.3, 0.4) is 0 Å². The molecule has 3 aromatic rings. The number of alkyl halides is 3. The van der Waals surface area contributed by atoms with Gasteiger partial charge in [0.2, 0.25) is 17.8 Å². The minimum absolute atomic E-state index is 0.122. The van der Waals surface area contributed by atoms with Crippen molar-refractivity contribution >= 4 is 29.2 Å². The fraction of sp³-hybridized carbons (Fsp3) is 0.286. The highest BCUT2D eigenvalue weighted by molar-refractivity contribution is 5.60. The van der Waals surface area contributed by atoms with Crippen molar-refractivity contribution in [2.75, 3.05) is 48.9 Å². The van der Waals surface area contributed by atoms with Crippen molar-refractivity contribution in [1.82, 2.24) is 15.0 Å². The number of benzene rings is 2. The number of anilines is 5. The van der Waals surface area contributed by atoms with Gasteiger partial charge in [-0.2, -0.15) is 28.1 Å². The van der Waals surface area contributed by atoms with E-state index < -0.39 is 11.7 Å². The van der Waals surface area contributed by atoms with Gasteiger partial charge in [-0.1, -0.05) is 6.07 Å². The van der Waals surface area contributed by atoms with Crippen molar-refractivity contribution in [3.63, 3.8) is 0 Å². The van der Waals surface area contributed by atoms with Crippen LogP contribution in [0.4, 0.5) is 42.4 Å². The Morgan fingerprint density at radius 3 is 2.19 bits per heavy atom. The molecule has 168 valence electrons. The lowest BCUT2D eigenvalue weighted by Crippen LogP contribution is -2.37. The van der Waals surface area contributed by atoms with Gasteiger partial charge in [-0.05, 0) is 42.5 Å². The van der Waals surface area contributed by atoms with Crippen LogP contribution in [0.5, 0.6) is 5.75 Å². The average molecular weight is 446 g/mol. The summed E-state index contributed by atoms with van der Waals surface area (Å²) in [6, 6.07) is 12.0. The van der Waals surface area contributed by atoms with Gasteiger partial charge < -0.3 is 25.0 Å². The predicted octanol–water partition coefficient (Wildman–Crippen LogP) is 4.22. The second kappa shape index (κ2) is 9.27. The normalized spacial score (nSPS) is 14.2. The van der Waals surface area contributed by atoms with Gasteiger partial charge in [0.15, 0.2) is 0 Å². The Hall–Kier alpha value is -3.60. The van der Waals surface area contributed by atoms with Gasteiger partial charge in [0, 0.05) is 24.5 Å². The Balaban J connectivity index is 1.63. The molecular formula is C21H21F3N6O2. The van der Waals surface area contributed by atoms with Crippen LogP contribution in [0, 0.1) is 0 Å². The largest absolute Gasteiger partial charge is 0.497 e. The van der Waals surface area contributed by atoms with Gasteiger partial charge >= 0.3 is 6.18 Å². The number of aromatic nitrogens is 3. The molecule has 1 aliphatic rings. The highest BCUT2D eigenvalue weighted by atomic mass is 19.4. The third-order valence-electron chi connectivity index (χ3n) is 4.71. The molecular weight excluding hydrogens is 425 g/mol. The molecule has 1 saturated heterocycles. The summed E-state index contributed by atoms with van der Waals surface area (Å²) in [6.07, 6.45) is -4.45. The molecule has 2 aromatic carbocycles. The summed E-state index contributed by atoms with van der Waals surface area (Å²) in [5.41, 5.74) is 0.172. The van der Waals surface area contributed by atoms with Crippen LogP contribution in [0.25, 0.3) is 0 Å². The Labute approximate surface area is 182 Å². The Kier molecular flexibility index (Phi) is 6.26. The van der Waals surface area contributed by atoms with Crippen LogP contribution in [0.15, 0.2) is 48.5 Å². The molecule has 1 aromatic heterocycles. The second-order valence-corrected chi connectivity index (χ2v) is 6.94. The highest BCUT2D eigenvalue weighted by Crippen LogP contribution is 2.31. The van der Waals surface area contributed by atoms with Crippen molar-refractivity contribution in [1.29, 1.82) is 0 Å². The molecule has 11 heteroatoms. The highest BCUT2D eigenvalue weighted by Gasteiger charge is 2.30. The monoisotopic (exact) mass is 446 g/mol. The van der Waals surface area contributed by atoms with Crippen molar-refractivity contribution < 1.29 is 22.6 Å². The first-order chi connectivity index (χ1) is 15.4. The van der Waals surface area contributed by atoms with E-state index in [0.717, 1.165) is 17.8 Å². The number of hydrogen-bond acceptors (Lipinski definition) is 8. The average Bonchev–Trinajstić information content (AvgIpc) is 2.80. The lowest BCUT2D eigenvalue weighted by Gasteiger charge is -2.27. The number of halogens is 3. The van der Waals surface area contributed by atoms with E-state index in [0.29, 0.717) is 38.0 Å². The molecule has 0 unspecified atom stereocenters. The number of rotatable bonds is 6. The van der Waals surface area contributed by atoms with Crippen LogP contribution in [0.2, 0.25) is 0 Å². The summed E-state index contributed by atoms with van der Waals surface area (Å²) >= 11 is 0. The van der Waals surface area contributed by atoms with Crippen molar-refractivity contribution in [3.8, 4) is 5.75 Å². The van der Waals surface area contributed by atoms with E-state index in [1.54, 1.807) is 31.4 Å². The first kappa shape index (κ1) is 21.6. The SMILES string of the molecule is COc1ccc(Nc2nc(Nc3cccc(C(F)(F)F)c3)nc(N3CCOCC3)n2)cc1. The summed E-state index contributed by atoms with van der Waals surface area (Å²) in [5, 5.41) is 5.96. The molecule has 0 atom stereocenters. The summed E-state index contributed by atoms with van der Waals surface area (Å²) in [7, 11) is 1.58. The Morgan fingerprint density at radius 1 is 0.906 bits per heavy atom. The third-order valence-corrected chi connectivity index (χ3v) is 4.71. The zero-order chi connectivity index (χ0) is 22.6. The second-order valence-electron chi connectivity index (χ2n) is 6.94. The molecule has 4 rings (SSSR count). The fourth-order valence-electron chi connectivity index (χ4n) is 3.09. The van der Waals surface area contributed by atoms with E-state index >= 15 is 0 Å². The van der Waals surface area contributed by atoms with Gasteiger partial charge in [-0.3, -0.25) is 0 Å². The molecule has 0 bridgehead atoms. The molecule has 2 heterocycles. The third kappa shape index (κ3) is 5.35. The number of morpholine rings is 1. The maximum Gasteiger partial charge on any atom is 0.416 e. The Morgan fingerprint density at radius 2 is 1.56 bits per heavy atom. The quantitative estimate of drug-likeness (QED) is 0.582. The molecule has 8 nitrogen and oxygen atoms in total. The first-order valence-electron chi connectivity index (χ1n) is 9.85. The van der Waals surface area contributed by atoms with Crippen LogP contribution >= 0.6 is 0 Å². The van der Waals surface area contributed by atoms with Gasteiger partial charge in [0.1, 0.15) is 5.75 Å². The number of hydrogen-bond donors (Lipinski definition) is 2. The zero-order valence-corrected chi connectivity index (χ0v) is 17.2. The molecule has 0 saturated carbocycles. The molecule has 1 fully saturated rings. The van der Waals surface area contributed by atoms with Crippen LogP contribution in [-0.2, 0) is 10.9 Å². The summed E-state index contributed by atoms with van der Waals surface area (Å²) in [5.74, 6) is 1.47. The lowest BCUT2D eigenvalue weighted by atomic mass is 10.2. The van der Waals surface area contributed by atoms with Crippen LogP contribution < -0.4 is 20.3 Å². The predicted molar refractivity (Wildman–Crippen MR) is 114 cm³/mol. The minimum atomic E-state index is -4.45. The molecule has 32 heavy (non-hydrogen) atoms. The van der Waals surface area contributed by atoms with E-state index in [4.69, 9.17) is 9.47 Å².